The second-order valence-corrected chi connectivity index (χ2v) is 14.5. The Hall–Kier alpha value is -5.09. The Balaban J connectivity index is 1.32. The number of para-hydroxylation sites is 2. The highest BCUT2D eigenvalue weighted by molar-refractivity contribution is 6.67. The fourth-order valence-corrected chi connectivity index (χ4v) is 7.10. The topological polar surface area (TPSA) is 29.9 Å². The molecule has 1 aromatic heterocycles. The van der Waals surface area contributed by atoms with Gasteiger partial charge in [-0.05, 0) is 103 Å². The zero-order valence-electron chi connectivity index (χ0n) is 28.4. The molecule has 3 nitrogen and oxygen atoms in total. The third-order valence-electron chi connectivity index (χ3n) is 10.7. The molecule has 0 saturated carbocycles. The zero-order chi connectivity index (χ0) is 33.0. The number of nitrogens with zero attached hydrogens (tertiary/aromatic N) is 2. The number of benzene rings is 6. The van der Waals surface area contributed by atoms with Gasteiger partial charge in [-0.3, -0.25) is 4.57 Å². The average Bonchev–Trinajstić information content (AvgIpc) is 3.51. The summed E-state index contributed by atoms with van der Waals surface area (Å²) in [4.78, 5) is 5.22. The van der Waals surface area contributed by atoms with E-state index in [-0.39, 0.29) is 10.3 Å². The number of dihydropyridines is 1. The second kappa shape index (κ2) is 11.6. The van der Waals surface area contributed by atoms with Gasteiger partial charge in [-0.1, -0.05) is 97.1 Å². The minimum Gasteiger partial charge on any atom is -0.387 e. The van der Waals surface area contributed by atoms with Crippen molar-refractivity contribution in [3.8, 4) is 27.9 Å². The van der Waals surface area contributed by atoms with E-state index in [4.69, 9.17) is 4.98 Å². The summed E-state index contributed by atoms with van der Waals surface area (Å²) in [5.74, 6) is 1.09. The maximum absolute atomic E-state index is 5.22. The first kappa shape index (κ1) is 30.3. The maximum atomic E-state index is 5.22. The standard InChI is InChI=1S/C40H36B5N3/c41-39(42,40(43,44)45)38-47-34-16-5-6-17-35(34)48(38)29-20-18-25(19-21-29)36-30-12-1-3-14-32(30)37(33-15-4-2-13-31(33)36)27-10-7-9-26(23-27)28-11-8-22-46-24-28/h1-23,46H,24,41-45H2. The minimum absolute atomic E-state index is 0.0203. The van der Waals surface area contributed by atoms with Crippen LogP contribution in [0.25, 0.3) is 66.1 Å². The van der Waals surface area contributed by atoms with Crippen molar-refractivity contribution in [2.75, 3.05) is 6.54 Å². The average molecular weight is 613 g/mol. The van der Waals surface area contributed by atoms with Gasteiger partial charge in [0.1, 0.15) is 21.5 Å². The first-order valence-corrected chi connectivity index (χ1v) is 16.9. The monoisotopic (exact) mass is 613 g/mol. The molecule has 0 atom stereocenters. The van der Waals surface area contributed by atoms with E-state index in [1.54, 1.807) is 0 Å². The summed E-state index contributed by atoms with van der Waals surface area (Å²) < 4.78 is 2.36. The van der Waals surface area contributed by atoms with E-state index in [2.05, 4.69) is 183 Å². The van der Waals surface area contributed by atoms with Gasteiger partial charge in [-0.15, -0.1) is 5.11 Å². The molecule has 6 aromatic carbocycles. The van der Waals surface area contributed by atoms with Gasteiger partial charge in [0, 0.05) is 12.2 Å². The Morgan fingerprint density at radius 2 is 1.19 bits per heavy atom. The van der Waals surface area contributed by atoms with Crippen LogP contribution in [0.15, 0.2) is 140 Å². The smallest absolute Gasteiger partial charge is 0.106 e. The molecule has 1 N–H and O–H groups in total. The highest BCUT2D eigenvalue weighted by Gasteiger charge is 2.38. The van der Waals surface area contributed by atoms with Crippen LogP contribution in [-0.2, 0) is 5.21 Å². The van der Waals surface area contributed by atoms with Gasteiger partial charge >= 0.3 is 0 Å². The molecular formula is C40H36B5N3. The quantitative estimate of drug-likeness (QED) is 0.221. The zero-order valence-corrected chi connectivity index (χ0v) is 28.4. The molecule has 2 heterocycles. The number of hydrogen-bond donors (Lipinski definition) is 1. The molecule has 0 unspecified atom stereocenters. The molecule has 0 aliphatic carbocycles. The fraction of sp³-hybridized carbons (Fsp3) is 0.0750. The van der Waals surface area contributed by atoms with Crippen LogP contribution in [0.2, 0.25) is 5.11 Å². The fourth-order valence-electron chi connectivity index (χ4n) is 7.10. The van der Waals surface area contributed by atoms with Crippen LogP contribution in [0, 0.1) is 0 Å². The molecule has 0 radical (unpaired) electrons. The van der Waals surface area contributed by atoms with E-state index in [1.165, 1.54) is 54.9 Å². The maximum Gasteiger partial charge on any atom is 0.106 e. The number of aromatic nitrogens is 2. The Kier molecular flexibility index (Phi) is 7.29. The van der Waals surface area contributed by atoms with E-state index >= 15 is 0 Å². The number of allylic oxidation sites excluding steroid dienone is 2. The van der Waals surface area contributed by atoms with E-state index in [0.717, 1.165) is 29.1 Å². The highest BCUT2D eigenvalue weighted by Crippen LogP contribution is 2.44. The first-order valence-electron chi connectivity index (χ1n) is 16.9. The summed E-state index contributed by atoms with van der Waals surface area (Å²) >= 11 is 0. The van der Waals surface area contributed by atoms with Gasteiger partial charge in [-0.25, -0.2) is 4.98 Å². The first-order chi connectivity index (χ1) is 23.2. The molecule has 0 saturated heterocycles. The van der Waals surface area contributed by atoms with Crippen LogP contribution < -0.4 is 5.32 Å². The Labute approximate surface area is 287 Å². The van der Waals surface area contributed by atoms with E-state index in [9.17, 15) is 0 Å². The molecule has 8 heteroatoms. The van der Waals surface area contributed by atoms with Crippen molar-refractivity contribution in [3.63, 3.8) is 0 Å². The SMILES string of the molecule is BC(B)(B)C(B)(B)c1nc2ccccc2n1-c1ccc(-c2c3ccccc3c(-c3cccc(C4=CC=CNC4)c3)c3ccccc23)cc1. The van der Waals surface area contributed by atoms with Crippen molar-refractivity contribution in [3.05, 3.63) is 151 Å². The molecule has 0 fully saturated rings. The molecule has 0 bridgehead atoms. The second-order valence-electron chi connectivity index (χ2n) is 14.5. The van der Waals surface area contributed by atoms with Crippen LogP contribution in [0.1, 0.15) is 11.4 Å². The van der Waals surface area contributed by atoms with Crippen molar-refractivity contribution >= 4 is 77.4 Å². The largest absolute Gasteiger partial charge is 0.387 e. The van der Waals surface area contributed by atoms with Crippen LogP contribution >= 0.6 is 0 Å². The highest BCUT2D eigenvalue weighted by atomic mass is 15.1. The lowest BCUT2D eigenvalue weighted by Crippen LogP contribution is -2.45. The molecule has 1 aliphatic rings. The van der Waals surface area contributed by atoms with Crippen molar-refractivity contribution in [1.29, 1.82) is 0 Å². The van der Waals surface area contributed by atoms with Crippen molar-refractivity contribution in [2.24, 2.45) is 0 Å². The van der Waals surface area contributed by atoms with E-state index < -0.39 is 0 Å². The van der Waals surface area contributed by atoms with Crippen molar-refractivity contribution in [1.82, 2.24) is 14.9 Å². The Morgan fingerprint density at radius 1 is 0.604 bits per heavy atom. The number of fused-ring (bicyclic) bond motifs is 3. The van der Waals surface area contributed by atoms with Gasteiger partial charge in [0.15, 0.2) is 0 Å². The van der Waals surface area contributed by atoms with Crippen LogP contribution in [0.4, 0.5) is 0 Å². The van der Waals surface area contributed by atoms with Crippen molar-refractivity contribution < 1.29 is 0 Å². The molecular weight excluding hydrogens is 577 g/mol. The molecule has 48 heavy (non-hydrogen) atoms. The lowest BCUT2D eigenvalue weighted by Gasteiger charge is -2.39. The number of nitrogens with one attached hydrogen (secondary N) is 1. The molecule has 1 aliphatic heterocycles. The number of rotatable bonds is 6. The summed E-state index contributed by atoms with van der Waals surface area (Å²) in [7, 11) is 11.5. The van der Waals surface area contributed by atoms with E-state index in [1.807, 2.05) is 6.20 Å². The summed E-state index contributed by atoms with van der Waals surface area (Å²) in [5, 5.41) is 8.26. The van der Waals surface area contributed by atoms with Crippen LogP contribution in [0.5, 0.6) is 0 Å². The van der Waals surface area contributed by atoms with Gasteiger partial charge in [0.2, 0.25) is 0 Å². The summed E-state index contributed by atoms with van der Waals surface area (Å²) in [6.07, 6.45) is 6.29. The van der Waals surface area contributed by atoms with Crippen molar-refractivity contribution in [2.45, 2.75) is 10.3 Å². The molecule has 7 aromatic rings. The number of imidazole rings is 1. The number of hydrogen-bond acceptors (Lipinski definition) is 2. The van der Waals surface area contributed by atoms with Gasteiger partial charge in [-0.2, -0.15) is 0 Å². The third-order valence-corrected chi connectivity index (χ3v) is 10.7. The Bertz CT molecular complexity index is 2360. The summed E-state index contributed by atoms with van der Waals surface area (Å²) in [6, 6.07) is 44.4. The third kappa shape index (κ3) is 4.94. The predicted molar refractivity (Wildman–Crippen MR) is 219 cm³/mol. The molecule has 226 valence electrons. The van der Waals surface area contributed by atoms with Crippen LogP contribution in [-0.4, -0.2) is 55.3 Å². The lowest BCUT2D eigenvalue weighted by atomic mass is 9.23. The molecule has 0 spiro atoms. The van der Waals surface area contributed by atoms with Gasteiger partial charge in [0.05, 0.1) is 34.6 Å². The molecule has 8 rings (SSSR count). The summed E-state index contributed by atoms with van der Waals surface area (Å²) in [6.45, 7) is 0.834. The summed E-state index contributed by atoms with van der Waals surface area (Å²) in [5.41, 5.74) is 10.8. The van der Waals surface area contributed by atoms with Crippen LogP contribution in [0.3, 0.4) is 0 Å². The molecule has 0 amide bonds. The normalized spacial score (nSPS) is 13.5. The Morgan fingerprint density at radius 3 is 1.79 bits per heavy atom. The van der Waals surface area contributed by atoms with E-state index in [0.29, 0.717) is 0 Å². The lowest BCUT2D eigenvalue weighted by molar-refractivity contribution is 0.757. The van der Waals surface area contributed by atoms with Gasteiger partial charge < -0.3 is 5.32 Å². The van der Waals surface area contributed by atoms with Gasteiger partial charge in [0.25, 0.3) is 0 Å². The predicted octanol–water partition coefficient (Wildman–Crippen LogP) is 4.56. The minimum atomic E-state index is -0.162.